The lowest BCUT2D eigenvalue weighted by Gasteiger charge is -2.22. The molecule has 0 radical (unpaired) electrons. The third-order valence-electron chi connectivity index (χ3n) is 4.22. The van der Waals surface area contributed by atoms with Crippen LogP contribution in [0.2, 0.25) is 5.02 Å². The number of aromatic nitrogens is 1. The van der Waals surface area contributed by atoms with E-state index in [0.29, 0.717) is 27.2 Å². The van der Waals surface area contributed by atoms with Crippen molar-refractivity contribution in [1.29, 1.82) is 0 Å². The molecule has 0 aliphatic heterocycles. The van der Waals surface area contributed by atoms with Gasteiger partial charge in [-0.05, 0) is 24.6 Å². The van der Waals surface area contributed by atoms with Gasteiger partial charge in [0.15, 0.2) is 5.43 Å². The van der Waals surface area contributed by atoms with Crippen molar-refractivity contribution < 1.29 is 9.90 Å². The number of para-hydroxylation sites is 1. The number of carbonyl (C=O) groups is 1. The second kappa shape index (κ2) is 6.61. The van der Waals surface area contributed by atoms with Crippen molar-refractivity contribution in [2.24, 2.45) is 7.05 Å². The first-order valence-electron chi connectivity index (χ1n) is 7.77. The zero-order valence-corrected chi connectivity index (χ0v) is 14.5. The molecule has 128 valence electrons. The number of carboxylic acid groups (broad SMARTS) is 1. The van der Waals surface area contributed by atoms with Crippen LogP contribution in [0.5, 0.6) is 0 Å². The van der Waals surface area contributed by atoms with Gasteiger partial charge in [-0.1, -0.05) is 48.0 Å². The van der Waals surface area contributed by atoms with E-state index in [0.717, 1.165) is 5.56 Å². The van der Waals surface area contributed by atoms with Crippen LogP contribution < -0.4 is 10.7 Å². The molecule has 0 bridgehead atoms. The lowest BCUT2D eigenvalue weighted by Crippen LogP contribution is -2.30. The Kier molecular flexibility index (Phi) is 4.51. The van der Waals surface area contributed by atoms with Gasteiger partial charge in [0.1, 0.15) is 0 Å². The molecule has 1 aromatic heterocycles. The van der Waals surface area contributed by atoms with Crippen LogP contribution in [-0.4, -0.2) is 15.8 Å². The highest BCUT2D eigenvalue weighted by Crippen LogP contribution is 2.31. The van der Waals surface area contributed by atoms with Crippen LogP contribution in [0.15, 0.2) is 53.3 Å². The fourth-order valence-corrected chi connectivity index (χ4v) is 3.49. The highest BCUT2D eigenvalue weighted by atomic mass is 35.5. The molecule has 0 aliphatic carbocycles. The van der Waals surface area contributed by atoms with E-state index >= 15 is 0 Å². The van der Waals surface area contributed by atoms with Gasteiger partial charge in [0.05, 0.1) is 22.3 Å². The molecule has 1 amide bonds. The van der Waals surface area contributed by atoms with E-state index in [4.69, 9.17) is 16.7 Å². The second-order valence-corrected chi connectivity index (χ2v) is 6.23. The number of hydrogen-bond donors (Lipinski definition) is 2. The van der Waals surface area contributed by atoms with Crippen molar-refractivity contribution in [3.8, 4) is 11.3 Å². The van der Waals surface area contributed by atoms with Gasteiger partial charge in [0, 0.05) is 18.0 Å². The quantitative estimate of drug-likeness (QED) is 0.739. The van der Waals surface area contributed by atoms with E-state index in [2.05, 4.69) is 5.32 Å². The summed E-state index contributed by atoms with van der Waals surface area (Å²) in [5.74, 6) is 0. The molecule has 0 aliphatic rings. The Morgan fingerprint density at radius 3 is 2.48 bits per heavy atom. The lowest BCUT2D eigenvalue weighted by atomic mass is 9.97. The fourth-order valence-electron chi connectivity index (χ4n) is 3.19. The van der Waals surface area contributed by atoms with Gasteiger partial charge in [-0.25, -0.2) is 4.79 Å². The molecular formula is C19H17ClN2O3. The highest BCUT2D eigenvalue weighted by molar-refractivity contribution is 6.35. The molecule has 3 aromatic rings. The zero-order valence-electron chi connectivity index (χ0n) is 13.8. The molecule has 1 heterocycles. The maximum absolute atomic E-state index is 13.1. The van der Waals surface area contributed by atoms with Gasteiger partial charge < -0.3 is 15.0 Å². The number of benzene rings is 2. The van der Waals surface area contributed by atoms with Crippen LogP contribution in [0.3, 0.4) is 0 Å². The Labute approximate surface area is 149 Å². The second-order valence-electron chi connectivity index (χ2n) is 5.82. The molecule has 1 unspecified atom stereocenters. The zero-order chi connectivity index (χ0) is 18.1. The summed E-state index contributed by atoms with van der Waals surface area (Å²) >= 11 is 6.34. The first-order valence-corrected chi connectivity index (χ1v) is 8.15. The van der Waals surface area contributed by atoms with Gasteiger partial charge in [0.2, 0.25) is 0 Å². The molecule has 0 saturated heterocycles. The molecule has 25 heavy (non-hydrogen) atoms. The number of fused-ring (bicyclic) bond motifs is 1. The maximum Gasteiger partial charge on any atom is 0.405 e. The van der Waals surface area contributed by atoms with Crippen LogP contribution in [0.4, 0.5) is 4.79 Å². The predicted molar refractivity (Wildman–Crippen MR) is 99.2 cm³/mol. The van der Waals surface area contributed by atoms with E-state index in [9.17, 15) is 9.59 Å². The summed E-state index contributed by atoms with van der Waals surface area (Å²) in [7, 11) is 1.83. The third-order valence-corrected chi connectivity index (χ3v) is 4.53. The molecule has 5 nitrogen and oxygen atoms in total. The standard InChI is InChI=1S/C19H17ClN2O3/c1-11(21-19(24)25)15-16(12-7-4-3-5-8-12)22(2)17-13(18(15)23)9-6-10-14(17)20/h3-11,21H,1-2H3,(H,24,25). The average molecular weight is 357 g/mol. The number of rotatable bonds is 3. The molecule has 6 heteroatoms. The molecule has 0 saturated carbocycles. The largest absolute Gasteiger partial charge is 0.465 e. The summed E-state index contributed by atoms with van der Waals surface area (Å²) in [4.78, 5) is 24.2. The average Bonchev–Trinajstić information content (AvgIpc) is 2.57. The first kappa shape index (κ1) is 17.0. The van der Waals surface area contributed by atoms with Gasteiger partial charge in [-0.3, -0.25) is 4.79 Å². The monoisotopic (exact) mass is 356 g/mol. The minimum atomic E-state index is -1.18. The van der Waals surface area contributed by atoms with Crippen LogP contribution in [0, 0.1) is 0 Å². The highest BCUT2D eigenvalue weighted by Gasteiger charge is 2.23. The van der Waals surface area contributed by atoms with Crippen molar-refractivity contribution in [3.63, 3.8) is 0 Å². The number of hydrogen-bond acceptors (Lipinski definition) is 2. The van der Waals surface area contributed by atoms with E-state index in [1.54, 1.807) is 25.1 Å². The van der Waals surface area contributed by atoms with Crippen LogP contribution in [-0.2, 0) is 7.05 Å². The molecule has 0 fully saturated rings. The molecule has 3 rings (SSSR count). The molecular weight excluding hydrogens is 340 g/mol. The van der Waals surface area contributed by atoms with E-state index in [-0.39, 0.29) is 5.43 Å². The van der Waals surface area contributed by atoms with Crippen molar-refractivity contribution in [2.75, 3.05) is 0 Å². The Balaban J connectivity index is 2.45. The Morgan fingerprint density at radius 1 is 1.16 bits per heavy atom. The molecule has 0 spiro atoms. The summed E-state index contributed by atoms with van der Waals surface area (Å²) < 4.78 is 1.85. The molecule has 2 N–H and O–H groups in total. The summed E-state index contributed by atoms with van der Waals surface area (Å²) in [6.45, 7) is 1.66. The van der Waals surface area contributed by atoms with E-state index < -0.39 is 12.1 Å². The number of amides is 1. The molecule has 1 atom stereocenters. The van der Waals surface area contributed by atoms with Crippen LogP contribution in [0.25, 0.3) is 22.2 Å². The molecule has 2 aromatic carbocycles. The van der Waals surface area contributed by atoms with E-state index in [1.165, 1.54) is 0 Å². The summed E-state index contributed by atoms with van der Waals surface area (Å²) in [5.41, 5.74) is 2.26. The summed E-state index contributed by atoms with van der Waals surface area (Å²) in [6.07, 6.45) is -1.18. The minimum absolute atomic E-state index is 0.226. The number of pyridine rings is 1. The number of nitrogens with one attached hydrogen (secondary N) is 1. The Bertz CT molecular complexity index is 1010. The van der Waals surface area contributed by atoms with Crippen LogP contribution in [0.1, 0.15) is 18.5 Å². The topological polar surface area (TPSA) is 71.3 Å². The number of halogens is 1. The minimum Gasteiger partial charge on any atom is -0.465 e. The van der Waals surface area contributed by atoms with Gasteiger partial charge in [0.25, 0.3) is 0 Å². The van der Waals surface area contributed by atoms with Gasteiger partial charge in [-0.15, -0.1) is 0 Å². The smallest absolute Gasteiger partial charge is 0.405 e. The van der Waals surface area contributed by atoms with Crippen molar-refractivity contribution >= 4 is 28.6 Å². The number of nitrogens with zero attached hydrogens (tertiary/aromatic N) is 1. The van der Waals surface area contributed by atoms with Crippen molar-refractivity contribution in [2.45, 2.75) is 13.0 Å². The summed E-state index contributed by atoms with van der Waals surface area (Å²) in [5, 5.41) is 12.4. The van der Waals surface area contributed by atoms with Gasteiger partial charge >= 0.3 is 6.09 Å². The first-order chi connectivity index (χ1) is 11.9. The van der Waals surface area contributed by atoms with E-state index in [1.807, 2.05) is 41.9 Å². The number of aryl methyl sites for hydroxylation is 1. The predicted octanol–water partition coefficient (Wildman–Crippen LogP) is 4.19. The SMILES string of the molecule is CC(NC(=O)O)c1c(-c2ccccc2)n(C)c2c(Cl)cccc2c1=O. The fraction of sp³-hybridized carbons (Fsp3) is 0.158. The normalized spacial score (nSPS) is 12.1. The Morgan fingerprint density at radius 2 is 1.84 bits per heavy atom. The van der Waals surface area contributed by atoms with Gasteiger partial charge in [-0.2, -0.15) is 0 Å². The maximum atomic E-state index is 13.1. The third kappa shape index (κ3) is 2.98. The lowest BCUT2D eigenvalue weighted by molar-refractivity contribution is 0.191. The Hall–Kier alpha value is -2.79. The summed E-state index contributed by atoms with van der Waals surface area (Å²) in [6, 6.07) is 13.9. The van der Waals surface area contributed by atoms with Crippen molar-refractivity contribution in [3.05, 3.63) is 69.3 Å². The van der Waals surface area contributed by atoms with Crippen molar-refractivity contribution in [1.82, 2.24) is 9.88 Å². The van der Waals surface area contributed by atoms with Crippen LogP contribution >= 0.6 is 11.6 Å².